The number of hydrogen-bond donors (Lipinski definition) is 1. The number of nitrogens with two attached hydrogens (primary N) is 1. The van der Waals surface area contributed by atoms with Crippen LogP contribution in [0.3, 0.4) is 0 Å². The van der Waals surface area contributed by atoms with Crippen molar-refractivity contribution >= 4 is 39.2 Å². The molecule has 1 unspecified atom stereocenters. The van der Waals surface area contributed by atoms with Gasteiger partial charge in [0.2, 0.25) is 0 Å². The zero-order valence-electron chi connectivity index (χ0n) is 10.6. The van der Waals surface area contributed by atoms with E-state index in [0.717, 1.165) is 15.7 Å². The molecular formula is C15H13BrClN3. The van der Waals surface area contributed by atoms with Gasteiger partial charge in [0, 0.05) is 15.2 Å². The van der Waals surface area contributed by atoms with Gasteiger partial charge in [-0.2, -0.15) is 0 Å². The first-order valence-electron chi connectivity index (χ1n) is 6.26. The van der Waals surface area contributed by atoms with Gasteiger partial charge in [0.15, 0.2) is 5.96 Å². The molecule has 3 nitrogen and oxygen atoms in total. The number of hydrogen-bond acceptors (Lipinski definition) is 3. The predicted octanol–water partition coefficient (Wildman–Crippen LogP) is 3.98. The van der Waals surface area contributed by atoms with Crippen molar-refractivity contribution in [1.29, 1.82) is 0 Å². The molecule has 1 aliphatic heterocycles. The second-order valence-corrected chi connectivity index (χ2v) is 5.88. The summed E-state index contributed by atoms with van der Waals surface area (Å²) < 4.78 is 1.01. The third-order valence-electron chi connectivity index (χ3n) is 3.34. The SMILES string of the molecule is NC1=NCC(c2cc(Cl)ccc2Br)N1c1ccccc1. The van der Waals surface area contributed by atoms with E-state index in [9.17, 15) is 0 Å². The molecule has 20 heavy (non-hydrogen) atoms. The molecule has 5 heteroatoms. The lowest BCUT2D eigenvalue weighted by molar-refractivity contribution is 0.765. The van der Waals surface area contributed by atoms with Crippen LogP contribution in [0.2, 0.25) is 5.02 Å². The minimum atomic E-state index is 0.0606. The normalized spacial score (nSPS) is 18.2. The highest BCUT2D eigenvalue weighted by atomic mass is 79.9. The van der Waals surface area contributed by atoms with Crippen molar-refractivity contribution in [2.24, 2.45) is 10.7 Å². The molecule has 102 valence electrons. The predicted molar refractivity (Wildman–Crippen MR) is 87.3 cm³/mol. The van der Waals surface area contributed by atoms with E-state index in [0.29, 0.717) is 17.5 Å². The third kappa shape index (κ3) is 2.41. The number of benzene rings is 2. The minimum absolute atomic E-state index is 0.0606. The highest BCUT2D eigenvalue weighted by Crippen LogP contribution is 2.35. The quantitative estimate of drug-likeness (QED) is 0.890. The molecule has 2 aromatic rings. The average molecular weight is 351 g/mol. The van der Waals surface area contributed by atoms with E-state index in [1.54, 1.807) is 0 Å². The molecule has 0 amide bonds. The highest BCUT2D eigenvalue weighted by Gasteiger charge is 2.30. The molecule has 0 spiro atoms. The lowest BCUT2D eigenvalue weighted by atomic mass is 10.1. The maximum absolute atomic E-state index is 6.12. The Balaban J connectivity index is 2.04. The van der Waals surface area contributed by atoms with Gasteiger partial charge in [0.25, 0.3) is 0 Å². The molecule has 0 saturated carbocycles. The Morgan fingerprint density at radius 1 is 1.20 bits per heavy atom. The summed E-state index contributed by atoms with van der Waals surface area (Å²) in [6, 6.07) is 15.9. The van der Waals surface area contributed by atoms with Gasteiger partial charge in [0.05, 0.1) is 12.6 Å². The molecule has 3 rings (SSSR count). The van der Waals surface area contributed by atoms with Gasteiger partial charge in [-0.05, 0) is 35.9 Å². The van der Waals surface area contributed by atoms with Crippen LogP contribution in [0, 0.1) is 0 Å². The Labute approximate surface area is 131 Å². The van der Waals surface area contributed by atoms with Gasteiger partial charge >= 0.3 is 0 Å². The molecule has 1 heterocycles. The number of nitrogens with zero attached hydrogens (tertiary/aromatic N) is 2. The molecule has 0 aliphatic carbocycles. The van der Waals surface area contributed by atoms with Crippen molar-refractivity contribution in [2.45, 2.75) is 6.04 Å². The van der Waals surface area contributed by atoms with Crippen molar-refractivity contribution in [2.75, 3.05) is 11.4 Å². The maximum atomic E-state index is 6.12. The standard InChI is InChI=1S/C15H13BrClN3/c16-13-7-6-10(17)8-12(13)14-9-19-15(18)20(14)11-4-2-1-3-5-11/h1-8,14H,9H2,(H2,18,19). The van der Waals surface area contributed by atoms with E-state index in [4.69, 9.17) is 17.3 Å². The van der Waals surface area contributed by atoms with Crippen LogP contribution in [0.1, 0.15) is 11.6 Å². The number of guanidine groups is 1. The third-order valence-corrected chi connectivity index (χ3v) is 4.29. The molecule has 2 aromatic carbocycles. The molecule has 1 aliphatic rings. The smallest absolute Gasteiger partial charge is 0.196 e. The van der Waals surface area contributed by atoms with Crippen molar-refractivity contribution < 1.29 is 0 Å². The van der Waals surface area contributed by atoms with Gasteiger partial charge in [-0.25, -0.2) is 0 Å². The molecule has 0 fully saturated rings. The van der Waals surface area contributed by atoms with Crippen LogP contribution in [0.5, 0.6) is 0 Å². The Kier molecular flexibility index (Phi) is 3.68. The van der Waals surface area contributed by atoms with E-state index >= 15 is 0 Å². The molecule has 0 bridgehead atoms. The van der Waals surface area contributed by atoms with E-state index < -0.39 is 0 Å². The van der Waals surface area contributed by atoms with Crippen molar-refractivity contribution in [3.63, 3.8) is 0 Å². The van der Waals surface area contributed by atoms with Crippen molar-refractivity contribution in [1.82, 2.24) is 0 Å². The van der Waals surface area contributed by atoms with Crippen molar-refractivity contribution in [3.8, 4) is 0 Å². The number of anilines is 1. The van der Waals surface area contributed by atoms with E-state index in [2.05, 4.69) is 20.9 Å². The van der Waals surface area contributed by atoms with Crippen LogP contribution < -0.4 is 10.6 Å². The summed E-state index contributed by atoms with van der Waals surface area (Å²) in [6.45, 7) is 0.625. The summed E-state index contributed by atoms with van der Waals surface area (Å²) in [4.78, 5) is 6.42. The van der Waals surface area contributed by atoms with Gasteiger partial charge in [0.1, 0.15) is 0 Å². The first-order valence-corrected chi connectivity index (χ1v) is 7.43. The second kappa shape index (κ2) is 5.46. The summed E-state index contributed by atoms with van der Waals surface area (Å²) in [6.07, 6.45) is 0. The van der Waals surface area contributed by atoms with E-state index in [1.807, 2.05) is 53.4 Å². The lowest BCUT2D eigenvalue weighted by Gasteiger charge is -2.27. The van der Waals surface area contributed by atoms with E-state index in [-0.39, 0.29) is 6.04 Å². The minimum Gasteiger partial charge on any atom is -0.369 e. The van der Waals surface area contributed by atoms with Crippen LogP contribution in [-0.2, 0) is 0 Å². The second-order valence-electron chi connectivity index (χ2n) is 4.59. The first-order chi connectivity index (χ1) is 9.66. The number of halogens is 2. The Bertz CT molecular complexity index is 657. The number of para-hydroxylation sites is 1. The molecule has 0 radical (unpaired) electrons. The highest BCUT2D eigenvalue weighted by molar-refractivity contribution is 9.10. The summed E-state index contributed by atoms with van der Waals surface area (Å²) in [5, 5.41) is 0.710. The maximum Gasteiger partial charge on any atom is 0.196 e. The molecule has 1 atom stereocenters. The average Bonchev–Trinajstić information content (AvgIpc) is 2.84. The van der Waals surface area contributed by atoms with Crippen LogP contribution in [0.25, 0.3) is 0 Å². The van der Waals surface area contributed by atoms with Crippen LogP contribution in [0.4, 0.5) is 5.69 Å². The van der Waals surface area contributed by atoms with Crippen LogP contribution in [-0.4, -0.2) is 12.5 Å². The summed E-state index contributed by atoms with van der Waals surface area (Å²) in [7, 11) is 0. The first kappa shape index (κ1) is 13.5. The largest absolute Gasteiger partial charge is 0.369 e. The monoisotopic (exact) mass is 349 g/mol. The van der Waals surface area contributed by atoms with Gasteiger partial charge in [-0.15, -0.1) is 0 Å². The Hall–Kier alpha value is -1.52. The van der Waals surface area contributed by atoms with Gasteiger partial charge in [-0.1, -0.05) is 45.7 Å². The Morgan fingerprint density at radius 3 is 2.70 bits per heavy atom. The summed E-state index contributed by atoms with van der Waals surface area (Å²) in [5.74, 6) is 0.535. The van der Waals surface area contributed by atoms with Crippen molar-refractivity contribution in [3.05, 3.63) is 63.6 Å². The molecular weight excluding hydrogens is 338 g/mol. The molecule has 0 saturated heterocycles. The van der Waals surface area contributed by atoms with Crippen LogP contribution >= 0.6 is 27.5 Å². The zero-order valence-corrected chi connectivity index (χ0v) is 13.0. The number of aliphatic imine (C=N–C) groups is 1. The lowest BCUT2D eigenvalue weighted by Crippen LogP contribution is -2.36. The summed E-state index contributed by atoms with van der Waals surface area (Å²) in [5.41, 5.74) is 8.17. The zero-order chi connectivity index (χ0) is 14.1. The summed E-state index contributed by atoms with van der Waals surface area (Å²) >= 11 is 9.70. The molecule has 0 aromatic heterocycles. The topological polar surface area (TPSA) is 41.6 Å². The van der Waals surface area contributed by atoms with Gasteiger partial charge < -0.3 is 10.6 Å². The fraction of sp³-hybridized carbons (Fsp3) is 0.133. The Morgan fingerprint density at radius 2 is 1.95 bits per heavy atom. The fourth-order valence-corrected chi connectivity index (χ4v) is 3.10. The van der Waals surface area contributed by atoms with Gasteiger partial charge in [-0.3, -0.25) is 4.99 Å². The number of rotatable bonds is 2. The van der Waals surface area contributed by atoms with E-state index in [1.165, 1.54) is 0 Å². The fourth-order valence-electron chi connectivity index (χ4n) is 2.41. The van der Waals surface area contributed by atoms with Crippen LogP contribution in [0.15, 0.2) is 58.0 Å². The molecule has 2 N–H and O–H groups in total.